The summed E-state index contributed by atoms with van der Waals surface area (Å²) in [6.45, 7) is 0.608. The number of thiophene rings is 1. The number of aromatic nitrogens is 4. The van der Waals surface area contributed by atoms with Gasteiger partial charge in [-0.05, 0) is 36.6 Å². The second kappa shape index (κ2) is 10.2. The normalized spacial score (nSPS) is 14.9. The second-order valence-corrected chi connectivity index (χ2v) is 10.7. The van der Waals surface area contributed by atoms with Crippen LogP contribution in [0.5, 0.6) is 0 Å². The zero-order valence-electron chi connectivity index (χ0n) is 19.4. The number of rotatable bonds is 8. The summed E-state index contributed by atoms with van der Waals surface area (Å²) in [5, 5.41) is 10.6. The Bertz CT molecular complexity index is 1350. The first-order valence-electron chi connectivity index (χ1n) is 11.7. The average molecular weight is 511 g/mol. The van der Waals surface area contributed by atoms with Gasteiger partial charge in [-0.15, -0.1) is 11.3 Å². The third-order valence-electron chi connectivity index (χ3n) is 6.44. The van der Waals surface area contributed by atoms with Crippen molar-refractivity contribution in [3.05, 3.63) is 63.8 Å². The molecule has 0 aromatic carbocycles. The van der Waals surface area contributed by atoms with Crippen LogP contribution in [-0.2, 0) is 18.4 Å². The van der Waals surface area contributed by atoms with Crippen LogP contribution in [0.2, 0.25) is 5.02 Å². The lowest BCUT2D eigenvalue weighted by molar-refractivity contribution is -0.118. The number of amides is 2. The molecule has 5 rings (SSSR count). The monoisotopic (exact) mass is 510 g/mol. The summed E-state index contributed by atoms with van der Waals surface area (Å²) < 4.78 is 3.69. The molecular weight excluding hydrogens is 484 g/mol. The molecule has 2 amide bonds. The van der Waals surface area contributed by atoms with Gasteiger partial charge in [0, 0.05) is 30.5 Å². The van der Waals surface area contributed by atoms with Crippen LogP contribution in [0.4, 0.5) is 5.69 Å². The van der Waals surface area contributed by atoms with Gasteiger partial charge in [0.05, 0.1) is 39.4 Å². The molecule has 182 valence electrons. The predicted octanol–water partition coefficient (Wildman–Crippen LogP) is 4.85. The first-order chi connectivity index (χ1) is 16.9. The van der Waals surface area contributed by atoms with E-state index in [1.54, 1.807) is 30.3 Å². The Morgan fingerprint density at radius 2 is 2.06 bits per heavy atom. The number of pyridine rings is 1. The van der Waals surface area contributed by atoms with Gasteiger partial charge < -0.3 is 15.2 Å². The lowest BCUT2D eigenvalue weighted by atomic mass is 9.97. The van der Waals surface area contributed by atoms with Crippen LogP contribution in [0.25, 0.3) is 11.0 Å². The van der Waals surface area contributed by atoms with Crippen molar-refractivity contribution in [3.8, 4) is 0 Å². The lowest BCUT2D eigenvalue weighted by Gasteiger charge is -2.21. The first kappa shape index (κ1) is 23.6. The summed E-state index contributed by atoms with van der Waals surface area (Å²) in [5.41, 5.74) is 2.44. The van der Waals surface area contributed by atoms with Crippen molar-refractivity contribution in [2.45, 2.75) is 44.7 Å². The number of nitrogens with zero attached hydrogens (tertiary/aromatic N) is 4. The molecule has 1 aliphatic rings. The number of aryl methyl sites for hydroxylation is 1. The van der Waals surface area contributed by atoms with Crippen LogP contribution in [-0.4, -0.2) is 37.2 Å². The Hall–Kier alpha value is -3.17. The zero-order chi connectivity index (χ0) is 24.4. The molecule has 0 unspecified atom stereocenters. The van der Waals surface area contributed by atoms with E-state index in [4.69, 9.17) is 11.6 Å². The van der Waals surface area contributed by atoms with Gasteiger partial charge in [-0.2, -0.15) is 5.10 Å². The van der Waals surface area contributed by atoms with Crippen molar-refractivity contribution in [1.29, 1.82) is 0 Å². The van der Waals surface area contributed by atoms with Gasteiger partial charge >= 0.3 is 0 Å². The van der Waals surface area contributed by atoms with Crippen molar-refractivity contribution in [3.63, 3.8) is 0 Å². The molecule has 0 aliphatic heterocycles. The summed E-state index contributed by atoms with van der Waals surface area (Å²) in [4.78, 5) is 32.1. The topological polar surface area (TPSA) is 93.8 Å². The van der Waals surface area contributed by atoms with E-state index in [2.05, 4.69) is 25.3 Å². The molecule has 0 saturated heterocycles. The van der Waals surface area contributed by atoms with Crippen LogP contribution in [0, 0.1) is 5.92 Å². The lowest BCUT2D eigenvalue weighted by Crippen LogP contribution is -2.44. The van der Waals surface area contributed by atoms with E-state index in [-0.39, 0.29) is 11.8 Å². The fourth-order valence-corrected chi connectivity index (χ4v) is 5.75. The van der Waals surface area contributed by atoms with Crippen molar-refractivity contribution < 1.29 is 9.59 Å². The average Bonchev–Trinajstić information content (AvgIpc) is 3.63. The molecule has 8 nitrogen and oxygen atoms in total. The summed E-state index contributed by atoms with van der Waals surface area (Å²) in [6, 6.07) is 7.00. The fraction of sp³-hybridized carbons (Fsp3) is 0.360. The fourth-order valence-electron chi connectivity index (χ4n) is 4.68. The largest absolute Gasteiger partial charge is 0.341 e. The van der Waals surface area contributed by atoms with Crippen molar-refractivity contribution in [2.24, 2.45) is 13.0 Å². The van der Waals surface area contributed by atoms with Crippen molar-refractivity contribution >= 4 is 51.5 Å². The molecule has 0 bridgehead atoms. The smallest absolute Gasteiger partial charge is 0.262 e. The number of fused-ring (bicyclic) bond motifs is 1. The quantitative estimate of drug-likeness (QED) is 0.354. The molecular formula is C25H27ClN6O2S. The molecule has 1 aliphatic carbocycles. The molecule has 2 N–H and O–H groups in total. The van der Waals surface area contributed by atoms with E-state index >= 15 is 0 Å². The Kier molecular flexibility index (Phi) is 6.88. The van der Waals surface area contributed by atoms with Crippen LogP contribution in [0.1, 0.15) is 46.7 Å². The number of carbonyl (C=O) groups is 2. The summed E-state index contributed by atoms with van der Waals surface area (Å²) in [6.07, 6.45) is 12.1. The molecule has 4 heterocycles. The van der Waals surface area contributed by atoms with Gasteiger partial charge in [0.1, 0.15) is 6.04 Å². The van der Waals surface area contributed by atoms with Gasteiger partial charge in [-0.3, -0.25) is 19.3 Å². The maximum Gasteiger partial charge on any atom is 0.262 e. The molecule has 0 spiro atoms. The number of carbonyl (C=O) groups excluding carboxylic acids is 2. The molecule has 4 aromatic heterocycles. The summed E-state index contributed by atoms with van der Waals surface area (Å²) in [7, 11) is 1.80. The Labute approximate surface area is 212 Å². The van der Waals surface area contributed by atoms with Gasteiger partial charge in [0.25, 0.3) is 5.91 Å². The molecule has 4 aromatic rings. The van der Waals surface area contributed by atoms with E-state index in [0.717, 1.165) is 28.8 Å². The number of nitrogens with one attached hydrogen (secondary N) is 2. The van der Waals surface area contributed by atoms with E-state index in [1.807, 2.05) is 30.5 Å². The predicted molar refractivity (Wildman–Crippen MR) is 138 cm³/mol. The maximum absolute atomic E-state index is 13.1. The maximum atomic E-state index is 13.1. The van der Waals surface area contributed by atoms with Gasteiger partial charge in [-0.1, -0.05) is 37.3 Å². The van der Waals surface area contributed by atoms with Crippen LogP contribution >= 0.6 is 22.9 Å². The minimum absolute atomic E-state index is 0.210. The van der Waals surface area contributed by atoms with Crippen LogP contribution < -0.4 is 10.6 Å². The Morgan fingerprint density at radius 3 is 2.83 bits per heavy atom. The van der Waals surface area contributed by atoms with Gasteiger partial charge in [0.15, 0.2) is 0 Å². The molecule has 1 fully saturated rings. The highest BCUT2D eigenvalue weighted by Crippen LogP contribution is 2.29. The highest BCUT2D eigenvalue weighted by atomic mass is 35.5. The minimum Gasteiger partial charge on any atom is -0.341 e. The number of anilines is 1. The third-order valence-corrected chi connectivity index (χ3v) is 7.71. The number of hydrogen-bond acceptors (Lipinski definition) is 5. The summed E-state index contributed by atoms with van der Waals surface area (Å²) in [5.74, 6) is 0.00665. The third kappa shape index (κ3) is 5.57. The number of hydrogen-bond donors (Lipinski definition) is 2. The van der Waals surface area contributed by atoms with Gasteiger partial charge in [0.2, 0.25) is 5.91 Å². The minimum atomic E-state index is -0.599. The van der Waals surface area contributed by atoms with E-state index in [9.17, 15) is 9.59 Å². The van der Waals surface area contributed by atoms with Gasteiger partial charge in [-0.25, -0.2) is 0 Å². The highest BCUT2D eigenvalue weighted by molar-refractivity contribution is 7.14. The van der Waals surface area contributed by atoms with E-state index < -0.39 is 6.04 Å². The Balaban J connectivity index is 1.28. The standard InChI is InChI=1S/C25H27ClN6O2S/c1-31-14-18(13-28-31)29-24(33)21(10-16-4-2-3-5-16)30-25(34)23-7-6-19(35-23)15-32-9-8-20-22(32)11-17(26)12-27-20/h6-9,11-14,16,21H,2-5,10,15H2,1H3,(H,29,33)(H,30,34)/t21-/m0/s1. The van der Waals surface area contributed by atoms with Crippen molar-refractivity contribution in [1.82, 2.24) is 24.6 Å². The number of halogens is 1. The molecule has 35 heavy (non-hydrogen) atoms. The van der Waals surface area contributed by atoms with E-state index in [1.165, 1.54) is 24.2 Å². The summed E-state index contributed by atoms with van der Waals surface area (Å²) >= 11 is 7.54. The SMILES string of the molecule is Cn1cc(NC(=O)[C@H](CC2CCCC2)NC(=O)c2ccc(Cn3ccc4ncc(Cl)cc43)s2)cn1. The highest BCUT2D eigenvalue weighted by Gasteiger charge is 2.27. The zero-order valence-corrected chi connectivity index (χ0v) is 21.0. The van der Waals surface area contributed by atoms with Crippen molar-refractivity contribution in [2.75, 3.05) is 5.32 Å². The molecule has 0 radical (unpaired) electrons. The second-order valence-electron chi connectivity index (χ2n) is 9.07. The molecule has 1 atom stereocenters. The van der Waals surface area contributed by atoms with Crippen LogP contribution in [0.3, 0.4) is 0 Å². The van der Waals surface area contributed by atoms with E-state index in [0.29, 0.717) is 34.5 Å². The Morgan fingerprint density at radius 1 is 1.23 bits per heavy atom. The first-order valence-corrected chi connectivity index (χ1v) is 12.9. The molecule has 10 heteroatoms. The van der Waals surface area contributed by atoms with Crippen LogP contribution in [0.15, 0.2) is 49.1 Å². The molecule has 1 saturated carbocycles.